The van der Waals surface area contributed by atoms with Crippen LogP contribution in [0.25, 0.3) is 4.65 Å². The summed E-state index contributed by atoms with van der Waals surface area (Å²) < 4.78 is 36.2. The zero-order valence-corrected chi connectivity index (χ0v) is 28.0. The van der Waals surface area contributed by atoms with Crippen LogP contribution in [0.1, 0.15) is 0 Å². The first-order valence-electron chi connectivity index (χ1n) is 11.2. The standard InChI is InChI=1S/C15H33NO6.C6H18NSi2.K/c1-17-10-13-20-7-4-16(5-8-21-14-11-18-2)6-9-22-15-12-19-3;1-8(2,3)7-9(4,5)6;/h4-15H2,1-3H3;1-6H3;/q;-1;+1. The van der Waals surface area contributed by atoms with Gasteiger partial charge < -0.3 is 33.1 Å². The Bertz CT molecular complexity index is 330. The van der Waals surface area contributed by atoms with Gasteiger partial charge in [-0.05, 0) is 0 Å². The Morgan fingerprint density at radius 3 is 0.969 bits per heavy atom. The van der Waals surface area contributed by atoms with Gasteiger partial charge in [0.05, 0.1) is 59.5 Å². The SMILES string of the molecule is COCCOCCN(CCOCCOC)CCOCCOC.C[Si](C)(C)[N-][Si](C)(C)C.[K+]. The molecule has 8 nitrogen and oxygen atoms in total. The molecule has 0 spiro atoms. The molecule has 0 heterocycles. The second kappa shape index (κ2) is 25.8. The van der Waals surface area contributed by atoms with E-state index in [1.54, 1.807) is 21.3 Å². The normalized spacial score (nSPS) is 11.8. The fourth-order valence-corrected chi connectivity index (χ4v) is 10.7. The van der Waals surface area contributed by atoms with Crippen LogP contribution in [-0.2, 0) is 28.4 Å². The molecular weight excluding hydrogens is 472 g/mol. The van der Waals surface area contributed by atoms with E-state index in [9.17, 15) is 0 Å². The van der Waals surface area contributed by atoms with Gasteiger partial charge >= 0.3 is 51.4 Å². The van der Waals surface area contributed by atoms with Crippen LogP contribution in [0.2, 0.25) is 39.3 Å². The Morgan fingerprint density at radius 1 is 0.500 bits per heavy atom. The Balaban J connectivity index is -0.000000710. The summed E-state index contributed by atoms with van der Waals surface area (Å²) in [6.45, 7) is 22.1. The molecule has 0 unspecified atom stereocenters. The van der Waals surface area contributed by atoms with E-state index in [1.807, 2.05) is 0 Å². The molecule has 0 bridgehead atoms. The minimum absolute atomic E-state index is 0. The number of ether oxygens (including phenoxy) is 6. The molecule has 0 amide bonds. The Hall–Kier alpha value is 1.75. The number of hydrogen-bond donors (Lipinski definition) is 0. The molecule has 0 atom stereocenters. The van der Waals surface area contributed by atoms with Crippen molar-refractivity contribution >= 4 is 16.5 Å². The van der Waals surface area contributed by atoms with Crippen molar-refractivity contribution in [2.45, 2.75) is 39.3 Å². The molecule has 0 aliphatic carbocycles. The van der Waals surface area contributed by atoms with Gasteiger partial charge in [0.25, 0.3) is 0 Å². The minimum atomic E-state index is -1.11. The molecule has 0 rings (SSSR count). The Morgan fingerprint density at radius 2 is 0.781 bits per heavy atom. The van der Waals surface area contributed by atoms with E-state index >= 15 is 0 Å². The second-order valence-corrected chi connectivity index (χ2v) is 18.7. The maximum atomic E-state index is 5.51. The van der Waals surface area contributed by atoms with Crippen molar-refractivity contribution in [3.8, 4) is 0 Å². The predicted octanol–water partition coefficient (Wildman–Crippen LogP) is 0.311. The van der Waals surface area contributed by atoms with Crippen molar-refractivity contribution in [1.82, 2.24) is 4.90 Å². The van der Waals surface area contributed by atoms with Crippen LogP contribution in [0.4, 0.5) is 0 Å². The van der Waals surface area contributed by atoms with Gasteiger partial charge in [0, 0.05) is 41.0 Å². The van der Waals surface area contributed by atoms with Crippen LogP contribution in [-0.4, -0.2) is 122 Å². The fourth-order valence-electron chi connectivity index (χ4n) is 2.66. The largest absolute Gasteiger partial charge is 1.00 e. The molecule has 0 aromatic carbocycles. The van der Waals surface area contributed by atoms with Crippen molar-refractivity contribution in [3.05, 3.63) is 4.65 Å². The molecule has 0 saturated heterocycles. The van der Waals surface area contributed by atoms with Crippen LogP contribution in [0.15, 0.2) is 0 Å². The molecule has 0 saturated carbocycles. The van der Waals surface area contributed by atoms with Crippen LogP contribution >= 0.6 is 0 Å². The number of methoxy groups -OCH3 is 3. The molecule has 0 N–H and O–H groups in total. The summed E-state index contributed by atoms with van der Waals surface area (Å²) in [5, 5.41) is 0. The van der Waals surface area contributed by atoms with Crippen LogP contribution in [0, 0.1) is 0 Å². The third-order valence-corrected chi connectivity index (χ3v) is 8.99. The molecule has 0 aliphatic rings. The molecular formula is C21H51KN2O6Si2. The summed E-state index contributed by atoms with van der Waals surface area (Å²) in [5.41, 5.74) is 0. The Labute approximate surface area is 243 Å². The van der Waals surface area contributed by atoms with Crippen LogP contribution < -0.4 is 51.4 Å². The van der Waals surface area contributed by atoms with E-state index in [2.05, 4.69) is 44.2 Å². The van der Waals surface area contributed by atoms with E-state index in [0.29, 0.717) is 59.5 Å². The van der Waals surface area contributed by atoms with Crippen LogP contribution in [0.3, 0.4) is 0 Å². The van der Waals surface area contributed by atoms with Crippen LogP contribution in [0.5, 0.6) is 0 Å². The van der Waals surface area contributed by atoms with E-state index < -0.39 is 16.5 Å². The van der Waals surface area contributed by atoms with Crippen molar-refractivity contribution < 1.29 is 79.8 Å². The summed E-state index contributed by atoms with van der Waals surface area (Å²) in [4.78, 5) is 2.27. The predicted molar refractivity (Wildman–Crippen MR) is 135 cm³/mol. The zero-order chi connectivity index (χ0) is 24.0. The third-order valence-electron chi connectivity index (χ3n) is 3.62. The van der Waals surface area contributed by atoms with E-state index in [1.165, 1.54) is 0 Å². The number of hydrogen-bond acceptors (Lipinski definition) is 7. The zero-order valence-electron chi connectivity index (χ0n) is 22.8. The quantitative estimate of drug-likeness (QED) is 0.168. The van der Waals surface area contributed by atoms with Gasteiger partial charge in [-0.2, -0.15) is 0 Å². The van der Waals surface area contributed by atoms with E-state index in [0.717, 1.165) is 19.6 Å². The molecule has 0 radical (unpaired) electrons. The van der Waals surface area contributed by atoms with Crippen molar-refractivity contribution in [2.75, 3.05) is 100 Å². The average molecular weight is 523 g/mol. The minimum Gasteiger partial charge on any atom is -0.668 e. The number of rotatable bonds is 20. The maximum absolute atomic E-state index is 5.51. The maximum Gasteiger partial charge on any atom is 1.00 e. The smallest absolute Gasteiger partial charge is 0.668 e. The molecule has 190 valence electrons. The summed E-state index contributed by atoms with van der Waals surface area (Å²) in [5.74, 6) is 0. The summed E-state index contributed by atoms with van der Waals surface area (Å²) >= 11 is 0. The molecule has 0 aromatic heterocycles. The number of nitrogens with zero attached hydrogens (tertiary/aromatic N) is 2. The van der Waals surface area contributed by atoms with Gasteiger partial charge in [-0.1, -0.05) is 55.8 Å². The van der Waals surface area contributed by atoms with Crippen molar-refractivity contribution in [3.63, 3.8) is 0 Å². The molecule has 0 aromatic rings. The molecule has 32 heavy (non-hydrogen) atoms. The Kier molecular flexibility index (Phi) is 30.9. The van der Waals surface area contributed by atoms with Gasteiger partial charge in [0.2, 0.25) is 0 Å². The first-order valence-corrected chi connectivity index (χ1v) is 18.1. The topological polar surface area (TPSA) is 72.7 Å². The summed E-state index contributed by atoms with van der Waals surface area (Å²) in [6, 6.07) is 0. The van der Waals surface area contributed by atoms with Gasteiger partial charge in [0.15, 0.2) is 0 Å². The van der Waals surface area contributed by atoms with Crippen molar-refractivity contribution in [2.24, 2.45) is 0 Å². The third kappa shape index (κ3) is 36.3. The monoisotopic (exact) mass is 522 g/mol. The van der Waals surface area contributed by atoms with Gasteiger partial charge in [-0.15, -0.1) is 0 Å². The van der Waals surface area contributed by atoms with Gasteiger partial charge in [-0.3, -0.25) is 4.90 Å². The fraction of sp³-hybridized carbons (Fsp3) is 1.00. The average Bonchev–Trinajstić information content (AvgIpc) is 2.64. The first kappa shape index (κ1) is 38.3. The molecule has 11 heteroatoms. The molecule has 0 aliphatic heterocycles. The summed E-state index contributed by atoms with van der Waals surface area (Å²) in [7, 11) is 2.80. The van der Waals surface area contributed by atoms with Gasteiger partial charge in [0.1, 0.15) is 0 Å². The van der Waals surface area contributed by atoms with Gasteiger partial charge in [-0.25, -0.2) is 0 Å². The molecule has 0 fully saturated rings. The van der Waals surface area contributed by atoms with E-state index in [-0.39, 0.29) is 51.4 Å². The second-order valence-electron chi connectivity index (χ2n) is 9.11. The first-order chi connectivity index (χ1) is 14.6. The van der Waals surface area contributed by atoms with Crippen molar-refractivity contribution in [1.29, 1.82) is 0 Å². The van der Waals surface area contributed by atoms with E-state index in [4.69, 9.17) is 33.1 Å². The summed E-state index contributed by atoms with van der Waals surface area (Å²) in [6.07, 6.45) is 0.